The van der Waals surface area contributed by atoms with Crippen molar-refractivity contribution in [1.82, 2.24) is 5.43 Å². The number of nitrogens with one attached hydrogen (secondary N) is 1. The Labute approximate surface area is 123 Å². The summed E-state index contributed by atoms with van der Waals surface area (Å²) in [5.74, 6) is 0.755. The Morgan fingerprint density at radius 1 is 1.42 bits per heavy atom. The normalized spacial score (nSPS) is 10.8. The van der Waals surface area contributed by atoms with Crippen LogP contribution in [0.15, 0.2) is 39.9 Å². The number of phenols is 1. The van der Waals surface area contributed by atoms with Gasteiger partial charge >= 0.3 is 0 Å². The van der Waals surface area contributed by atoms with Crippen LogP contribution in [0.3, 0.4) is 0 Å². The maximum Gasteiger partial charge on any atom is 0.275 e. The monoisotopic (exact) mass is 370 g/mol. The number of amides is 1. The Bertz CT molecular complexity index is 635. The number of phenolic OH excluding ortho intramolecular Hbond substituents is 1. The fourth-order valence-corrected chi connectivity index (χ4v) is 1.92. The van der Waals surface area contributed by atoms with Gasteiger partial charge in [-0.25, -0.2) is 5.43 Å². The zero-order valence-electron chi connectivity index (χ0n) is 10.1. The Morgan fingerprint density at radius 2 is 2.21 bits per heavy atom. The van der Waals surface area contributed by atoms with Gasteiger partial charge in [-0.1, -0.05) is 0 Å². The molecule has 0 aliphatic carbocycles. The average molecular weight is 370 g/mol. The highest BCUT2D eigenvalue weighted by Crippen LogP contribution is 2.19. The minimum atomic E-state index is -0.476. The van der Waals surface area contributed by atoms with Crippen LogP contribution in [0.25, 0.3) is 0 Å². The quantitative estimate of drug-likeness (QED) is 0.496. The van der Waals surface area contributed by atoms with Crippen LogP contribution in [0.2, 0.25) is 0 Å². The van der Waals surface area contributed by atoms with Gasteiger partial charge in [0.05, 0.1) is 11.8 Å². The van der Waals surface area contributed by atoms with E-state index >= 15 is 0 Å². The van der Waals surface area contributed by atoms with E-state index in [1.807, 2.05) is 6.92 Å². The minimum absolute atomic E-state index is 0.0815. The second kappa shape index (κ2) is 5.87. The molecule has 1 aromatic carbocycles. The predicted octanol–water partition coefficient (Wildman–Crippen LogP) is 2.66. The first-order valence-corrected chi connectivity index (χ1v) is 6.52. The fraction of sp³-hybridized carbons (Fsp3) is 0.0769. The lowest BCUT2D eigenvalue weighted by molar-refractivity contribution is 0.0952. The van der Waals surface area contributed by atoms with Crippen LogP contribution in [0, 0.1) is 10.5 Å². The van der Waals surface area contributed by atoms with Gasteiger partial charge in [0.2, 0.25) is 0 Å². The van der Waals surface area contributed by atoms with E-state index in [1.165, 1.54) is 12.3 Å². The Balaban J connectivity index is 2.05. The lowest BCUT2D eigenvalue weighted by Gasteiger charge is -2.03. The zero-order chi connectivity index (χ0) is 13.8. The van der Waals surface area contributed by atoms with E-state index in [4.69, 9.17) is 4.42 Å². The number of rotatable bonds is 3. The number of carbonyl (C=O) groups excluding carboxylic acids is 1. The molecule has 0 atom stereocenters. The van der Waals surface area contributed by atoms with Crippen molar-refractivity contribution in [2.45, 2.75) is 6.92 Å². The van der Waals surface area contributed by atoms with Crippen molar-refractivity contribution in [1.29, 1.82) is 0 Å². The summed E-state index contributed by atoms with van der Waals surface area (Å²) in [6, 6.07) is 8.30. The molecule has 1 heterocycles. The number of aromatic hydroxyl groups is 1. The van der Waals surface area contributed by atoms with Gasteiger partial charge in [0.15, 0.2) is 0 Å². The summed E-state index contributed by atoms with van der Waals surface area (Å²) in [5.41, 5.74) is 2.51. The first-order valence-electron chi connectivity index (χ1n) is 5.44. The molecular formula is C13H11IN2O3. The number of nitrogens with zero attached hydrogens (tertiary/aromatic N) is 1. The molecule has 2 N–H and O–H groups in total. The number of hydrazone groups is 1. The third kappa shape index (κ3) is 3.57. The molecule has 1 aromatic heterocycles. The third-order valence-corrected chi connectivity index (χ3v) is 2.99. The highest BCUT2D eigenvalue weighted by atomic mass is 127. The topological polar surface area (TPSA) is 74.8 Å². The summed E-state index contributed by atoms with van der Waals surface area (Å²) in [6.07, 6.45) is 1.40. The molecule has 98 valence electrons. The highest BCUT2D eigenvalue weighted by molar-refractivity contribution is 14.1. The summed E-state index contributed by atoms with van der Waals surface area (Å²) < 4.78 is 6.12. The molecule has 19 heavy (non-hydrogen) atoms. The maximum absolute atomic E-state index is 11.8. The van der Waals surface area contributed by atoms with Crippen molar-refractivity contribution >= 4 is 34.7 Å². The van der Waals surface area contributed by atoms with E-state index in [0.29, 0.717) is 5.76 Å². The van der Waals surface area contributed by atoms with Crippen LogP contribution in [-0.2, 0) is 0 Å². The molecule has 0 radical (unpaired) electrons. The lowest BCUT2D eigenvalue weighted by atomic mass is 10.2. The van der Waals surface area contributed by atoms with Gasteiger partial charge in [-0.15, -0.1) is 0 Å². The van der Waals surface area contributed by atoms with E-state index in [1.54, 1.807) is 24.3 Å². The van der Waals surface area contributed by atoms with E-state index in [-0.39, 0.29) is 11.3 Å². The number of aryl methyl sites for hydroxylation is 1. The summed E-state index contributed by atoms with van der Waals surface area (Å²) in [5, 5.41) is 13.4. The van der Waals surface area contributed by atoms with Crippen molar-refractivity contribution in [2.75, 3.05) is 0 Å². The van der Waals surface area contributed by atoms with Crippen molar-refractivity contribution in [3.05, 3.63) is 51.0 Å². The number of hydrogen-bond acceptors (Lipinski definition) is 4. The Hall–Kier alpha value is -1.83. The fourth-order valence-electron chi connectivity index (χ4n) is 1.43. The smallest absolute Gasteiger partial charge is 0.275 e. The van der Waals surface area contributed by atoms with Gasteiger partial charge in [0, 0.05) is 3.57 Å². The first kappa shape index (κ1) is 13.6. The second-order valence-electron chi connectivity index (χ2n) is 3.81. The molecule has 0 bridgehead atoms. The summed E-state index contributed by atoms with van der Waals surface area (Å²) in [4.78, 5) is 11.8. The minimum Gasteiger partial charge on any atom is -0.507 e. The summed E-state index contributed by atoms with van der Waals surface area (Å²) >= 11 is 2.06. The van der Waals surface area contributed by atoms with Gasteiger partial charge in [-0.05, 0) is 59.8 Å². The summed E-state index contributed by atoms with van der Waals surface area (Å²) in [7, 11) is 0. The molecule has 6 heteroatoms. The van der Waals surface area contributed by atoms with Crippen LogP contribution >= 0.6 is 22.6 Å². The number of hydrogen-bond donors (Lipinski definition) is 2. The van der Waals surface area contributed by atoms with E-state index in [0.717, 1.165) is 9.33 Å². The molecule has 1 amide bonds. The van der Waals surface area contributed by atoms with Crippen LogP contribution in [-0.4, -0.2) is 17.2 Å². The highest BCUT2D eigenvalue weighted by Gasteiger charge is 2.10. The largest absolute Gasteiger partial charge is 0.507 e. The number of benzene rings is 1. The van der Waals surface area contributed by atoms with Crippen LogP contribution in [0.4, 0.5) is 0 Å². The molecule has 2 rings (SSSR count). The van der Waals surface area contributed by atoms with Gasteiger partial charge in [-0.3, -0.25) is 4.79 Å². The number of carbonyl (C=O) groups is 1. The van der Waals surface area contributed by atoms with Gasteiger partial charge in [0.1, 0.15) is 17.3 Å². The molecular weight excluding hydrogens is 359 g/mol. The van der Waals surface area contributed by atoms with Crippen molar-refractivity contribution < 1.29 is 14.3 Å². The molecule has 0 saturated heterocycles. The second-order valence-corrected chi connectivity index (χ2v) is 5.05. The first-order chi connectivity index (χ1) is 9.06. The van der Waals surface area contributed by atoms with Crippen molar-refractivity contribution in [2.24, 2.45) is 5.10 Å². The Morgan fingerprint density at radius 3 is 2.89 bits per heavy atom. The van der Waals surface area contributed by atoms with E-state index in [2.05, 4.69) is 33.1 Å². The Kier molecular flexibility index (Phi) is 4.20. The van der Waals surface area contributed by atoms with Gasteiger partial charge < -0.3 is 9.52 Å². The molecule has 5 nitrogen and oxygen atoms in total. The third-order valence-electron chi connectivity index (χ3n) is 2.32. The van der Waals surface area contributed by atoms with Crippen molar-refractivity contribution in [3.63, 3.8) is 0 Å². The van der Waals surface area contributed by atoms with E-state index < -0.39 is 5.91 Å². The van der Waals surface area contributed by atoms with Crippen LogP contribution < -0.4 is 5.43 Å². The van der Waals surface area contributed by atoms with Gasteiger partial charge in [0.25, 0.3) is 5.91 Å². The van der Waals surface area contributed by atoms with Crippen LogP contribution in [0.5, 0.6) is 5.75 Å². The zero-order valence-corrected chi connectivity index (χ0v) is 12.2. The average Bonchev–Trinajstić information content (AvgIpc) is 2.78. The van der Waals surface area contributed by atoms with Crippen LogP contribution in [0.1, 0.15) is 21.9 Å². The maximum atomic E-state index is 11.8. The predicted molar refractivity (Wildman–Crippen MR) is 79.3 cm³/mol. The SMILES string of the molecule is Cc1ccc(/C=N\NC(=O)c2cc(I)ccc2O)o1. The molecule has 0 aliphatic heterocycles. The molecule has 2 aromatic rings. The molecule has 0 aliphatic rings. The number of furan rings is 1. The molecule has 0 saturated carbocycles. The molecule has 0 unspecified atom stereocenters. The van der Waals surface area contributed by atoms with Crippen molar-refractivity contribution in [3.8, 4) is 5.75 Å². The number of halogens is 1. The molecule has 0 fully saturated rings. The molecule has 0 spiro atoms. The summed E-state index contributed by atoms with van der Waals surface area (Å²) in [6.45, 7) is 1.82. The standard InChI is InChI=1S/C13H11IN2O3/c1-8-2-4-10(19-8)7-15-16-13(18)11-6-9(14)3-5-12(11)17/h2-7,17H,1H3,(H,16,18)/b15-7-. The van der Waals surface area contributed by atoms with Gasteiger partial charge in [-0.2, -0.15) is 5.10 Å². The lowest BCUT2D eigenvalue weighted by Crippen LogP contribution is -2.17. The van der Waals surface area contributed by atoms with E-state index in [9.17, 15) is 9.90 Å².